The summed E-state index contributed by atoms with van der Waals surface area (Å²) >= 11 is 5.87. The number of nitrogens with one attached hydrogen (secondary N) is 1. The molecule has 0 bridgehead atoms. The molecule has 1 heterocycles. The first-order valence-electron chi connectivity index (χ1n) is 6.56. The fourth-order valence-electron chi connectivity index (χ4n) is 2.64. The van der Waals surface area contributed by atoms with Crippen LogP contribution in [-0.4, -0.2) is 22.1 Å². The van der Waals surface area contributed by atoms with E-state index in [0.717, 1.165) is 19.3 Å². The largest absolute Gasteiger partial charge is 0.478 e. The number of nitrogens with zero attached hydrogens (tertiary/aromatic N) is 1. The maximum atomic E-state index is 11.2. The highest BCUT2D eigenvalue weighted by Gasteiger charge is 2.33. The van der Waals surface area contributed by atoms with Crippen LogP contribution >= 0.6 is 11.6 Å². The summed E-state index contributed by atoms with van der Waals surface area (Å²) in [6.45, 7) is 4.41. The van der Waals surface area contributed by atoms with Gasteiger partial charge in [0.2, 0.25) is 0 Å². The summed E-state index contributed by atoms with van der Waals surface area (Å²) in [6.07, 6.45) is 4.54. The fourth-order valence-corrected chi connectivity index (χ4v) is 2.79. The summed E-state index contributed by atoms with van der Waals surface area (Å²) in [5, 5.41) is 12.8. The van der Waals surface area contributed by atoms with Crippen LogP contribution in [0.25, 0.3) is 0 Å². The minimum absolute atomic E-state index is 0.137. The number of pyridine rings is 1. The van der Waals surface area contributed by atoms with E-state index in [1.165, 1.54) is 18.6 Å². The van der Waals surface area contributed by atoms with Crippen molar-refractivity contribution in [2.24, 2.45) is 5.41 Å². The number of aromatic carboxylic acids is 1. The molecule has 1 saturated carbocycles. The minimum Gasteiger partial charge on any atom is -0.478 e. The Morgan fingerprint density at radius 2 is 2.21 bits per heavy atom. The zero-order valence-corrected chi connectivity index (χ0v) is 12.0. The summed E-state index contributed by atoms with van der Waals surface area (Å²) in [7, 11) is 0. The maximum Gasteiger partial charge on any atom is 0.339 e. The first-order chi connectivity index (χ1) is 8.90. The second-order valence-electron chi connectivity index (χ2n) is 5.77. The van der Waals surface area contributed by atoms with Crippen LogP contribution in [0.3, 0.4) is 0 Å². The van der Waals surface area contributed by atoms with E-state index in [2.05, 4.69) is 24.1 Å². The molecular formula is C14H19ClN2O2. The summed E-state index contributed by atoms with van der Waals surface area (Å²) in [5.41, 5.74) is 0.309. The smallest absolute Gasteiger partial charge is 0.339 e. The molecule has 2 rings (SSSR count). The number of rotatable bonds is 3. The summed E-state index contributed by atoms with van der Waals surface area (Å²) < 4.78 is 0. The topological polar surface area (TPSA) is 62.2 Å². The third kappa shape index (κ3) is 3.18. The number of carboxylic acid groups (broad SMARTS) is 1. The lowest BCUT2D eigenvalue weighted by Crippen LogP contribution is -2.39. The number of hydrogen-bond donors (Lipinski definition) is 2. The van der Waals surface area contributed by atoms with Crippen molar-refractivity contribution in [1.29, 1.82) is 0 Å². The molecule has 0 aliphatic heterocycles. The van der Waals surface area contributed by atoms with Gasteiger partial charge in [0, 0.05) is 6.04 Å². The van der Waals surface area contributed by atoms with E-state index >= 15 is 0 Å². The molecule has 1 unspecified atom stereocenters. The van der Waals surface area contributed by atoms with E-state index in [9.17, 15) is 9.90 Å². The van der Waals surface area contributed by atoms with Gasteiger partial charge in [0.1, 0.15) is 16.5 Å². The summed E-state index contributed by atoms with van der Waals surface area (Å²) in [6, 6.07) is 3.23. The Labute approximate surface area is 118 Å². The molecule has 0 radical (unpaired) electrons. The quantitative estimate of drug-likeness (QED) is 0.828. The van der Waals surface area contributed by atoms with E-state index in [4.69, 9.17) is 11.6 Å². The highest BCUT2D eigenvalue weighted by molar-refractivity contribution is 6.29. The van der Waals surface area contributed by atoms with Crippen LogP contribution in [0.5, 0.6) is 0 Å². The number of halogens is 1. The average molecular weight is 283 g/mol. The SMILES string of the molecule is CC1(C)CCCCC1Nc1nc(Cl)ccc1C(=O)O. The molecule has 0 amide bonds. The number of carboxylic acids is 1. The van der Waals surface area contributed by atoms with Crippen molar-refractivity contribution in [1.82, 2.24) is 4.98 Å². The molecule has 1 aliphatic carbocycles. The average Bonchev–Trinajstić information content (AvgIpc) is 2.31. The Morgan fingerprint density at radius 1 is 1.47 bits per heavy atom. The Morgan fingerprint density at radius 3 is 2.84 bits per heavy atom. The molecule has 2 N–H and O–H groups in total. The van der Waals surface area contributed by atoms with Crippen molar-refractivity contribution in [2.45, 2.75) is 45.6 Å². The highest BCUT2D eigenvalue weighted by atomic mass is 35.5. The van der Waals surface area contributed by atoms with Gasteiger partial charge in [-0.3, -0.25) is 0 Å². The zero-order valence-electron chi connectivity index (χ0n) is 11.2. The molecule has 0 spiro atoms. The molecule has 1 aromatic rings. The molecule has 19 heavy (non-hydrogen) atoms. The highest BCUT2D eigenvalue weighted by Crippen LogP contribution is 2.37. The van der Waals surface area contributed by atoms with Crippen LogP contribution in [0, 0.1) is 5.41 Å². The van der Waals surface area contributed by atoms with Crippen LogP contribution in [0.1, 0.15) is 49.9 Å². The van der Waals surface area contributed by atoms with Gasteiger partial charge in [0.05, 0.1) is 0 Å². The lowest BCUT2D eigenvalue weighted by Gasteiger charge is -2.39. The Bertz CT molecular complexity index is 488. The van der Waals surface area contributed by atoms with Crippen molar-refractivity contribution in [3.63, 3.8) is 0 Å². The molecule has 5 heteroatoms. The van der Waals surface area contributed by atoms with Crippen molar-refractivity contribution in [2.75, 3.05) is 5.32 Å². The van der Waals surface area contributed by atoms with Crippen LogP contribution in [0.15, 0.2) is 12.1 Å². The van der Waals surface area contributed by atoms with Gasteiger partial charge >= 0.3 is 5.97 Å². The van der Waals surface area contributed by atoms with Crippen molar-refractivity contribution in [3.8, 4) is 0 Å². The van der Waals surface area contributed by atoms with Gasteiger partial charge in [-0.2, -0.15) is 0 Å². The second-order valence-corrected chi connectivity index (χ2v) is 6.15. The van der Waals surface area contributed by atoms with Gasteiger partial charge < -0.3 is 10.4 Å². The van der Waals surface area contributed by atoms with Crippen LogP contribution < -0.4 is 5.32 Å². The monoisotopic (exact) mass is 282 g/mol. The van der Waals surface area contributed by atoms with Gasteiger partial charge in [0.25, 0.3) is 0 Å². The van der Waals surface area contributed by atoms with Gasteiger partial charge in [-0.1, -0.05) is 38.3 Å². The van der Waals surface area contributed by atoms with Crippen LogP contribution in [-0.2, 0) is 0 Å². The van der Waals surface area contributed by atoms with E-state index in [1.54, 1.807) is 0 Å². The van der Waals surface area contributed by atoms with E-state index < -0.39 is 5.97 Å². The van der Waals surface area contributed by atoms with Crippen molar-refractivity contribution in [3.05, 3.63) is 22.8 Å². The van der Waals surface area contributed by atoms with Crippen LogP contribution in [0.4, 0.5) is 5.82 Å². The molecule has 0 aromatic carbocycles. The zero-order chi connectivity index (χ0) is 14.0. The molecule has 1 aromatic heterocycles. The number of hydrogen-bond acceptors (Lipinski definition) is 3. The Kier molecular flexibility index (Phi) is 3.99. The molecule has 4 nitrogen and oxygen atoms in total. The third-order valence-corrected chi connectivity index (χ3v) is 4.12. The first kappa shape index (κ1) is 14.1. The summed E-state index contributed by atoms with van der Waals surface area (Å²) in [4.78, 5) is 15.3. The normalized spacial score (nSPS) is 21.9. The third-order valence-electron chi connectivity index (χ3n) is 3.91. The predicted octanol–water partition coefficient (Wildman–Crippen LogP) is 3.81. The Hall–Kier alpha value is -1.29. The molecule has 1 aliphatic rings. The lowest BCUT2D eigenvalue weighted by molar-refractivity contribution is 0.0697. The number of anilines is 1. The van der Waals surface area contributed by atoms with E-state index in [1.807, 2.05) is 0 Å². The van der Waals surface area contributed by atoms with E-state index in [-0.39, 0.29) is 17.0 Å². The Balaban J connectivity index is 2.27. The molecule has 0 saturated heterocycles. The number of carbonyl (C=O) groups is 1. The van der Waals surface area contributed by atoms with Gasteiger partial charge in [0.15, 0.2) is 0 Å². The fraction of sp³-hybridized carbons (Fsp3) is 0.571. The van der Waals surface area contributed by atoms with Crippen molar-refractivity contribution >= 4 is 23.4 Å². The molecular weight excluding hydrogens is 264 g/mol. The molecule has 1 fully saturated rings. The lowest BCUT2D eigenvalue weighted by atomic mass is 9.73. The second kappa shape index (κ2) is 5.37. The first-order valence-corrected chi connectivity index (χ1v) is 6.94. The predicted molar refractivity (Wildman–Crippen MR) is 75.9 cm³/mol. The summed E-state index contributed by atoms with van der Waals surface area (Å²) in [5.74, 6) is -0.611. The van der Waals surface area contributed by atoms with Gasteiger partial charge in [-0.05, 0) is 30.4 Å². The molecule has 104 valence electrons. The molecule has 1 atom stereocenters. The van der Waals surface area contributed by atoms with Crippen LogP contribution in [0.2, 0.25) is 5.15 Å². The van der Waals surface area contributed by atoms with Gasteiger partial charge in [-0.25, -0.2) is 9.78 Å². The number of aromatic nitrogens is 1. The minimum atomic E-state index is -0.986. The standard InChI is InChI=1S/C14H19ClN2O2/c1-14(2)8-4-3-5-10(14)16-12-9(13(18)19)6-7-11(15)17-12/h6-7,10H,3-5,8H2,1-2H3,(H,16,17)(H,18,19). The van der Waals surface area contributed by atoms with Crippen molar-refractivity contribution < 1.29 is 9.90 Å². The van der Waals surface area contributed by atoms with Gasteiger partial charge in [-0.15, -0.1) is 0 Å². The maximum absolute atomic E-state index is 11.2. The van der Waals surface area contributed by atoms with E-state index in [0.29, 0.717) is 11.0 Å².